The lowest BCUT2D eigenvalue weighted by Gasteiger charge is -2.35. The molecule has 0 bridgehead atoms. The van der Waals surface area contributed by atoms with Crippen LogP contribution in [0.2, 0.25) is 0 Å². The van der Waals surface area contributed by atoms with Crippen LogP contribution in [0.1, 0.15) is 26.2 Å². The summed E-state index contributed by atoms with van der Waals surface area (Å²) in [4.78, 5) is 19.7. The molecule has 0 radical (unpaired) electrons. The number of nitrogens with one attached hydrogen (secondary N) is 1. The van der Waals surface area contributed by atoms with Gasteiger partial charge in [-0.3, -0.25) is 14.6 Å². The van der Waals surface area contributed by atoms with E-state index in [0.717, 1.165) is 39.3 Å². The summed E-state index contributed by atoms with van der Waals surface area (Å²) in [5.74, 6) is 0.331. The minimum absolute atomic E-state index is 0.0497. The van der Waals surface area contributed by atoms with Crippen molar-refractivity contribution in [2.24, 2.45) is 0 Å². The molecule has 20 heavy (non-hydrogen) atoms. The Bertz CT molecular complexity index is 343. The summed E-state index contributed by atoms with van der Waals surface area (Å²) in [5.41, 5.74) is 0. The molecule has 5 nitrogen and oxygen atoms in total. The van der Waals surface area contributed by atoms with Gasteiger partial charge in [0.15, 0.2) is 0 Å². The minimum atomic E-state index is 0.0497. The van der Waals surface area contributed by atoms with Crippen LogP contribution in [0.5, 0.6) is 0 Å². The zero-order valence-electron chi connectivity index (χ0n) is 12.7. The molecule has 3 heterocycles. The number of carbonyl (C=O) groups excluding carboxylic acids is 1. The van der Waals surface area contributed by atoms with E-state index in [1.54, 1.807) is 0 Å². The van der Waals surface area contributed by atoms with Crippen molar-refractivity contribution in [2.45, 2.75) is 38.3 Å². The molecule has 3 fully saturated rings. The maximum absolute atomic E-state index is 12.6. The number of carbonyl (C=O) groups is 1. The maximum Gasteiger partial charge on any atom is 0.239 e. The first-order valence-electron chi connectivity index (χ1n) is 8.23. The van der Waals surface area contributed by atoms with Gasteiger partial charge in [0, 0.05) is 45.3 Å². The Morgan fingerprint density at radius 3 is 2.65 bits per heavy atom. The predicted octanol–water partition coefficient (Wildman–Crippen LogP) is -0.0232. The smallest absolute Gasteiger partial charge is 0.239 e. The third-order valence-electron chi connectivity index (χ3n) is 5.17. The van der Waals surface area contributed by atoms with Crippen molar-refractivity contribution in [3.63, 3.8) is 0 Å². The molecular formula is C15H28N4O. The van der Waals surface area contributed by atoms with Crippen molar-refractivity contribution in [3.8, 4) is 0 Å². The summed E-state index contributed by atoms with van der Waals surface area (Å²) in [6.07, 6.45) is 3.85. The molecule has 0 aromatic rings. The van der Waals surface area contributed by atoms with Crippen LogP contribution < -0.4 is 5.32 Å². The number of rotatable bonds is 2. The van der Waals surface area contributed by atoms with Crippen LogP contribution in [0.3, 0.4) is 0 Å². The fourth-order valence-electron chi connectivity index (χ4n) is 3.89. The third-order valence-corrected chi connectivity index (χ3v) is 5.17. The minimum Gasteiger partial charge on any atom is -0.339 e. The van der Waals surface area contributed by atoms with Crippen molar-refractivity contribution in [2.75, 3.05) is 52.4 Å². The first-order chi connectivity index (χ1) is 9.75. The zero-order valence-corrected chi connectivity index (χ0v) is 12.7. The average Bonchev–Trinajstić information content (AvgIpc) is 2.83. The molecule has 5 heteroatoms. The highest BCUT2D eigenvalue weighted by molar-refractivity contribution is 5.81. The fourth-order valence-corrected chi connectivity index (χ4v) is 3.89. The van der Waals surface area contributed by atoms with Crippen LogP contribution in [0.15, 0.2) is 0 Å². The Kier molecular flexibility index (Phi) is 4.58. The lowest BCUT2D eigenvalue weighted by atomic mass is 10.1. The van der Waals surface area contributed by atoms with Gasteiger partial charge < -0.3 is 10.2 Å². The average molecular weight is 280 g/mol. The molecule has 114 valence electrons. The van der Waals surface area contributed by atoms with Crippen LogP contribution >= 0.6 is 0 Å². The summed E-state index contributed by atoms with van der Waals surface area (Å²) >= 11 is 0. The van der Waals surface area contributed by atoms with Gasteiger partial charge in [-0.05, 0) is 39.3 Å². The van der Waals surface area contributed by atoms with Crippen molar-refractivity contribution in [1.82, 2.24) is 20.0 Å². The second kappa shape index (κ2) is 6.41. The second-order valence-electron chi connectivity index (χ2n) is 6.43. The fraction of sp³-hybridized carbons (Fsp3) is 0.933. The topological polar surface area (TPSA) is 38.8 Å². The van der Waals surface area contributed by atoms with Gasteiger partial charge in [0.1, 0.15) is 0 Å². The number of hydrogen-bond acceptors (Lipinski definition) is 4. The van der Waals surface area contributed by atoms with Gasteiger partial charge in [0.05, 0.1) is 6.04 Å². The molecule has 3 aliphatic heterocycles. The quantitative estimate of drug-likeness (QED) is 0.771. The Balaban J connectivity index is 1.60. The van der Waals surface area contributed by atoms with Crippen LogP contribution in [0.4, 0.5) is 0 Å². The lowest BCUT2D eigenvalue weighted by molar-refractivity contribution is -0.137. The molecule has 2 unspecified atom stereocenters. The Hall–Kier alpha value is -0.650. The van der Waals surface area contributed by atoms with E-state index >= 15 is 0 Å². The van der Waals surface area contributed by atoms with Crippen molar-refractivity contribution < 1.29 is 4.79 Å². The monoisotopic (exact) mass is 280 g/mol. The zero-order chi connectivity index (χ0) is 13.9. The number of nitrogens with zero attached hydrogens (tertiary/aromatic N) is 3. The van der Waals surface area contributed by atoms with Gasteiger partial charge in [0.25, 0.3) is 0 Å². The van der Waals surface area contributed by atoms with Gasteiger partial charge in [0.2, 0.25) is 5.91 Å². The third kappa shape index (κ3) is 3.00. The van der Waals surface area contributed by atoms with Gasteiger partial charge >= 0.3 is 0 Å². The molecule has 3 aliphatic rings. The molecule has 0 aromatic heterocycles. The Morgan fingerprint density at radius 2 is 1.85 bits per heavy atom. The first kappa shape index (κ1) is 14.3. The van der Waals surface area contributed by atoms with E-state index in [9.17, 15) is 4.79 Å². The van der Waals surface area contributed by atoms with E-state index in [2.05, 4.69) is 22.0 Å². The van der Waals surface area contributed by atoms with Crippen LogP contribution in [-0.4, -0.2) is 85.0 Å². The molecule has 1 amide bonds. The maximum atomic E-state index is 12.6. The summed E-state index contributed by atoms with van der Waals surface area (Å²) in [5, 5.41) is 3.31. The van der Waals surface area contributed by atoms with Crippen molar-refractivity contribution >= 4 is 5.91 Å². The van der Waals surface area contributed by atoms with E-state index < -0.39 is 0 Å². The molecule has 2 atom stereocenters. The van der Waals surface area contributed by atoms with Gasteiger partial charge in [-0.2, -0.15) is 0 Å². The van der Waals surface area contributed by atoms with E-state index in [1.165, 1.54) is 32.4 Å². The summed E-state index contributed by atoms with van der Waals surface area (Å²) in [7, 11) is 0. The van der Waals surface area contributed by atoms with E-state index in [-0.39, 0.29) is 6.04 Å². The molecule has 0 saturated carbocycles. The molecule has 0 aromatic carbocycles. The SMILES string of the molecule is CC(C(=O)N1CCNCC1)N1CCCN2CCCC2C1. The molecule has 0 aliphatic carbocycles. The first-order valence-corrected chi connectivity index (χ1v) is 8.23. The highest BCUT2D eigenvalue weighted by Crippen LogP contribution is 2.22. The van der Waals surface area contributed by atoms with Crippen molar-refractivity contribution in [3.05, 3.63) is 0 Å². The highest BCUT2D eigenvalue weighted by Gasteiger charge is 2.33. The van der Waals surface area contributed by atoms with Crippen LogP contribution in [-0.2, 0) is 4.79 Å². The van der Waals surface area contributed by atoms with Gasteiger partial charge in [-0.1, -0.05) is 0 Å². The van der Waals surface area contributed by atoms with E-state index in [0.29, 0.717) is 11.9 Å². The number of piperazine rings is 1. The highest BCUT2D eigenvalue weighted by atomic mass is 16.2. The molecular weight excluding hydrogens is 252 g/mol. The summed E-state index contributed by atoms with van der Waals surface area (Å²) in [6, 6.07) is 0.740. The number of amides is 1. The van der Waals surface area contributed by atoms with Gasteiger partial charge in [-0.25, -0.2) is 0 Å². The Labute approximate surface area is 122 Å². The van der Waals surface area contributed by atoms with Crippen LogP contribution in [0, 0.1) is 0 Å². The van der Waals surface area contributed by atoms with E-state index in [4.69, 9.17) is 0 Å². The molecule has 3 rings (SSSR count). The lowest BCUT2D eigenvalue weighted by Crippen LogP contribution is -2.54. The summed E-state index contributed by atoms with van der Waals surface area (Å²) < 4.78 is 0. The Morgan fingerprint density at radius 1 is 1.10 bits per heavy atom. The normalized spacial score (nSPS) is 30.9. The number of fused-ring (bicyclic) bond motifs is 1. The van der Waals surface area contributed by atoms with Crippen LogP contribution in [0.25, 0.3) is 0 Å². The van der Waals surface area contributed by atoms with Crippen molar-refractivity contribution in [1.29, 1.82) is 0 Å². The van der Waals surface area contributed by atoms with E-state index in [1.807, 2.05) is 4.90 Å². The molecule has 1 N–H and O–H groups in total. The summed E-state index contributed by atoms with van der Waals surface area (Å²) in [6.45, 7) is 10.4. The van der Waals surface area contributed by atoms with Gasteiger partial charge in [-0.15, -0.1) is 0 Å². The predicted molar refractivity (Wildman–Crippen MR) is 79.7 cm³/mol. The largest absolute Gasteiger partial charge is 0.339 e. The molecule has 3 saturated heterocycles. The number of hydrogen-bond donors (Lipinski definition) is 1. The standard InChI is InChI=1S/C15H28N4O/c1-13(15(20)18-10-5-16-6-11-18)19-9-3-8-17-7-2-4-14(17)12-19/h13-14,16H,2-12H2,1H3. The second-order valence-corrected chi connectivity index (χ2v) is 6.43. The molecule has 0 spiro atoms.